The van der Waals surface area contributed by atoms with Crippen molar-refractivity contribution in [2.24, 2.45) is 0 Å². The highest BCUT2D eigenvalue weighted by Crippen LogP contribution is 2.35. The van der Waals surface area contributed by atoms with E-state index in [1.807, 2.05) is 30.5 Å². The first-order valence-corrected chi connectivity index (χ1v) is 9.55. The van der Waals surface area contributed by atoms with Gasteiger partial charge in [-0.25, -0.2) is 9.37 Å². The lowest BCUT2D eigenvalue weighted by atomic mass is 10.1. The number of halogens is 2. The first-order valence-electron chi connectivity index (χ1n) is 9.17. The van der Waals surface area contributed by atoms with Crippen LogP contribution in [0.4, 0.5) is 4.39 Å². The molecule has 0 spiro atoms. The number of rotatable bonds is 3. The van der Waals surface area contributed by atoms with E-state index in [0.717, 1.165) is 33.9 Å². The minimum absolute atomic E-state index is 0.0126. The summed E-state index contributed by atoms with van der Waals surface area (Å²) in [7, 11) is 0. The number of aryl methyl sites for hydroxylation is 2. The van der Waals surface area contributed by atoms with Gasteiger partial charge in [-0.15, -0.1) is 0 Å². The van der Waals surface area contributed by atoms with E-state index < -0.39 is 12.8 Å². The van der Waals surface area contributed by atoms with E-state index in [2.05, 4.69) is 4.98 Å². The third kappa shape index (κ3) is 3.50. The van der Waals surface area contributed by atoms with E-state index in [0.29, 0.717) is 25.4 Å². The summed E-state index contributed by atoms with van der Waals surface area (Å²) in [5.41, 5.74) is 5.41. The van der Waals surface area contributed by atoms with Gasteiger partial charge in [0.25, 0.3) is 0 Å². The maximum absolute atomic E-state index is 13.4. The molecule has 0 saturated carbocycles. The van der Waals surface area contributed by atoms with Crippen molar-refractivity contribution in [2.45, 2.75) is 32.9 Å². The van der Waals surface area contributed by atoms with Gasteiger partial charge in [0.2, 0.25) is 0 Å². The van der Waals surface area contributed by atoms with Crippen LogP contribution in [-0.2, 0) is 17.7 Å². The average Bonchev–Trinajstić information content (AvgIpc) is 2.87. The molecule has 3 aromatic rings. The highest BCUT2D eigenvalue weighted by molar-refractivity contribution is 6.32. The molecular weight excluding hydrogens is 381 g/mol. The fourth-order valence-corrected chi connectivity index (χ4v) is 3.86. The second kappa shape index (κ2) is 7.53. The van der Waals surface area contributed by atoms with Crippen LogP contribution in [0.3, 0.4) is 0 Å². The molecule has 7 heteroatoms. The first-order chi connectivity index (χ1) is 13.5. The van der Waals surface area contributed by atoms with Crippen LogP contribution >= 0.6 is 11.6 Å². The smallest absolute Gasteiger partial charge is 0.141 e. The molecular formula is C21H21ClFN3O2. The number of phenolic OH excluding ortho intramolecular Hbond substituents is 1. The van der Waals surface area contributed by atoms with Crippen molar-refractivity contribution in [3.05, 3.63) is 52.4 Å². The van der Waals surface area contributed by atoms with Gasteiger partial charge in [0.1, 0.15) is 24.4 Å². The molecule has 3 heterocycles. The van der Waals surface area contributed by atoms with E-state index in [4.69, 9.17) is 21.3 Å². The number of aromatic nitrogens is 3. The van der Waals surface area contributed by atoms with Crippen molar-refractivity contribution < 1.29 is 14.2 Å². The summed E-state index contributed by atoms with van der Waals surface area (Å²) in [5.74, 6) is 0.696. The number of benzene rings is 1. The Morgan fingerprint density at radius 2 is 1.93 bits per heavy atom. The number of ether oxygens (including phenoxy) is 1. The molecule has 1 atom stereocenters. The van der Waals surface area contributed by atoms with Crippen LogP contribution in [0.1, 0.15) is 17.1 Å². The highest BCUT2D eigenvalue weighted by Gasteiger charge is 2.25. The molecule has 0 unspecified atom stereocenters. The number of alkyl halides is 1. The summed E-state index contributed by atoms with van der Waals surface area (Å²) >= 11 is 6.12. The van der Waals surface area contributed by atoms with E-state index in [1.54, 1.807) is 18.2 Å². The number of pyridine rings is 1. The number of hydrogen-bond acceptors (Lipinski definition) is 4. The lowest BCUT2D eigenvalue weighted by molar-refractivity contribution is 0.0355. The van der Waals surface area contributed by atoms with Crippen molar-refractivity contribution in [3.63, 3.8) is 0 Å². The van der Waals surface area contributed by atoms with E-state index in [-0.39, 0.29) is 10.8 Å². The lowest BCUT2D eigenvalue weighted by Crippen LogP contribution is -2.21. The Morgan fingerprint density at radius 1 is 1.18 bits per heavy atom. The Labute approximate surface area is 167 Å². The zero-order valence-corrected chi connectivity index (χ0v) is 16.5. The van der Waals surface area contributed by atoms with Crippen molar-refractivity contribution in [1.29, 1.82) is 0 Å². The molecule has 0 aliphatic carbocycles. The van der Waals surface area contributed by atoms with Crippen molar-refractivity contribution in [2.75, 3.05) is 13.3 Å². The predicted molar refractivity (Wildman–Crippen MR) is 106 cm³/mol. The SMILES string of the molecule is Cc1cc(-c2nc(-c3ccc(O)c(Cl)c3)n3c2CCO[C@H](CF)C3)cc(C)n1. The molecule has 4 rings (SSSR count). The molecule has 1 aliphatic heterocycles. The molecule has 0 bridgehead atoms. The Balaban J connectivity index is 1.93. The number of hydrogen-bond donors (Lipinski definition) is 1. The van der Waals surface area contributed by atoms with Gasteiger partial charge in [0, 0.05) is 34.6 Å². The van der Waals surface area contributed by atoms with Crippen LogP contribution in [0.15, 0.2) is 30.3 Å². The summed E-state index contributed by atoms with van der Waals surface area (Å²) in [6.07, 6.45) is 0.112. The zero-order valence-electron chi connectivity index (χ0n) is 15.7. The molecule has 5 nitrogen and oxygen atoms in total. The third-order valence-corrected chi connectivity index (χ3v) is 5.19. The summed E-state index contributed by atoms with van der Waals surface area (Å²) in [4.78, 5) is 9.36. The fraction of sp³-hybridized carbons (Fsp3) is 0.333. The van der Waals surface area contributed by atoms with Gasteiger partial charge >= 0.3 is 0 Å². The number of phenols is 1. The first kappa shape index (κ1) is 18.9. The molecule has 1 aromatic carbocycles. The van der Waals surface area contributed by atoms with Crippen LogP contribution in [-0.4, -0.2) is 39.0 Å². The second-order valence-electron chi connectivity index (χ2n) is 7.04. The average molecular weight is 402 g/mol. The van der Waals surface area contributed by atoms with Gasteiger partial charge < -0.3 is 14.4 Å². The van der Waals surface area contributed by atoms with Gasteiger partial charge in [-0.05, 0) is 44.2 Å². The van der Waals surface area contributed by atoms with Gasteiger partial charge in [0.05, 0.1) is 23.9 Å². The third-order valence-electron chi connectivity index (χ3n) is 4.88. The topological polar surface area (TPSA) is 60.2 Å². The minimum atomic E-state index is -0.559. The quantitative estimate of drug-likeness (QED) is 0.702. The summed E-state index contributed by atoms with van der Waals surface area (Å²) in [5, 5.41) is 10.0. The largest absolute Gasteiger partial charge is 0.506 e. The predicted octanol–water partition coefficient (Wildman–Crippen LogP) is 4.50. The second-order valence-corrected chi connectivity index (χ2v) is 7.45. The fourth-order valence-electron chi connectivity index (χ4n) is 3.68. The Morgan fingerprint density at radius 3 is 2.61 bits per heavy atom. The molecule has 2 aromatic heterocycles. The zero-order chi connectivity index (χ0) is 19.8. The number of nitrogens with zero attached hydrogens (tertiary/aromatic N) is 3. The van der Waals surface area contributed by atoms with Crippen molar-refractivity contribution in [1.82, 2.24) is 14.5 Å². The Bertz CT molecular complexity index is 1010. The number of fused-ring (bicyclic) bond motifs is 1. The molecule has 146 valence electrons. The molecule has 0 amide bonds. The van der Waals surface area contributed by atoms with Crippen LogP contribution < -0.4 is 0 Å². The standard InChI is InChI=1S/C21H21ClFN3O2/c1-12-7-15(8-13(2)24-12)20-18-5-6-28-16(10-23)11-26(18)21(25-20)14-3-4-19(27)17(22)9-14/h3-4,7-9,16,27H,5-6,10-11H2,1-2H3/t16-/m1/s1. The highest BCUT2D eigenvalue weighted by atomic mass is 35.5. The van der Waals surface area contributed by atoms with Gasteiger partial charge in [0.15, 0.2) is 0 Å². The van der Waals surface area contributed by atoms with Gasteiger partial charge in [-0.1, -0.05) is 11.6 Å². The number of imidazole rings is 1. The Hall–Kier alpha value is -2.44. The van der Waals surface area contributed by atoms with E-state index in [1.165, 1.54) is 0 Å². The van der Waals surface area contributed by atoms with Crippen LogP contribution in [0.25, 0.3) is 22.6 Å². The van der Waals surface area contributed by atoms with Crippen molar-refractivity contribution >= 4 is 11.6 Å². The number of aromatic hydroxyl groups is 1. The summed E-state index contributed by atoms with van der Waals surface area (Å²) in [6.45, 7) is 4.15. The summed E-state index contributed by atoms with van der Waals surface area (Å²) < 4.78 is 21.1. The van der Waals surface area contributed by atoms with Crippen LogP contribution in [0.5, 0.6) is 5.75 Å². The Kier molecular flexibility index (Phi) is 5.08. The van der Waals surface area contributed by atoms with Gasteiger partial charge in [-0.2, -0.15) is 0 Å². The molecule has 28 heavy (non-hydrogen) atoms. The molecule has 0 fully saturated rings. The normalized spacial score (nSPS) is 16.6. The van der Waals surface area contributed by atoms with Crippen LogP contribution in [0.2, 0.25) is 5.02 Å². The minimum Gasteiger partial charge on any atom is -0.506 e. The van der Waals surface area contributed by atoms with E-state index in [9.17, 15) is 9.50 Å². The molecule has 1 aliphatic rings. The molecule has 0 saturated heterocycles. The van der Waals surface area contributed by atoms with Gasteiger partial charge in [-0.3, -0.25) is 4.98 Å². The van der Waals surface area contributed by atoms with Crippen molar-refractivity contribution in [3.8, 4) is 28.4 Å². The molecule has 0 radical (unpaired) electrons. The maximum atomic E-state index is 13.4. The maximum Gasteiger partial charge on any atom is 0.141 e. The van der Waals surface area contributed by atoms with Crippen LogP contribution in [0, 0.1) is 13.8 Å². The summed E-state index contributed by atoms with van der Waals surface area (Å²) in [6, 6.07) is 8.99. The molecule has 1 N–H and O–H groups in total. The lowest BCUT2D eigenvalue weighted by Gasteiger charge is -2.14. The monoisotopic (exact) mass is 401 g/mol. The van der Waals surface area contributed by atoms with E-state index >= 15 is 0 Å².